The summed E-state index contributed by atoms with van der Waals surface area (Å²) in [7, 11) is 0. The molecule has 1 atom stereocenters. The third kappa shape index (κ3) is 3.44. The number of thiocarbonyl (C=S) groups is 1. The Bertz CT molecular complexity index is 416. The predicted molar refractivity (Wildman–Crippen MR) is 72.3 cm³/mol. The van der Waals surface area contributed by atoms with Gasteiger partial charge in [-0.1, -0.05) is 37.5 Å². The highest BCUT2D eigenvalue weighted by atomic mass is 32.1. The van der Waals surface area contributed by atoms with E-state index in [2.05, 4.69) is 14.9 Å². The second-order valence-electron chi connectivity index (χ2n) is 3.98. The fraction of sp³-hybridized carbons (Fsp3) is 0.600. The van der Waals surface area contributed by atoms with Crippen LogP contribution in [0.25, 0.3) is 0 Å². The van der Waals surface area contributed by atoms with Gasteiger partial charge in [-0.05, 0) is 23.9 Å². The van der Waals surface area contributed by atoms with Gasteiger partial charge in [0.15, 0.2) is 0 Å². The Labute approximate surface area is 110 Å². The zero-order valence-corrected chi connectivity index (χ0v) is 11.7. The first-order chi connectivity index (χ1) is 7.97. The van der Waals surface area contributed by atoms with Crippen LogP contribution < -0.4 is 11.1 Å². The summed E-state index contributed by atoms with van der Waals surface area (Å²) < 4.78 is 3.81. The number of nitrogens with one attached hydrogen (secondary N) is 1. The molecule has 0 fully saturated rings. The van der Waals surface area contributed by atoms with E-state index in [1.165, 1.54) is 0 Å². The first kappa shape index (κ1) is 14.0. The minimum atomic E-state index is -0.278. The fourth-order valence-electron chi connectivity index (χ4n) is 1.33. The van der Waals surface area contributed by atoms with Crippen LogP contribution in [-0.2, 0) is 0 Å². The van der Waals surface area contributed by atoms with Crippen molar-refractivity contribution in [2.24, 2.45) is 5.73 Å². The summed E-state index contributed by atoms with van der Waals surface area (Å²) in [6.07, 6.45) is 0.671. The van der Waals surface area contributed by atoms with Crippen LogP contribution in [0.5, 0.6) is 0 Å². The number of nitrogens with two attached hydrogens (primary N) is 1. The maximum Gasteiger partial charge on any atom is 0.265 e. The molecule has 5 nitrogen and oxygen atoms in total. The summed E-state index contributed by atoms with van der Waals surface area (Å²) in [5.74, 6) is -0.0391. The Morgan fingerprint density at radius 2 is 2.24 bits per heavy atom. The molecule has 1 heterocycles. The Hall–Kier alpha value is -1.08. The Morgan fingerprint density at radius 3 is 2.71 bits per heavy atom. The summed E-state index contributed by atoms with van der Waals surface area (Å²) in [6, 6.07) is -0.278. The monoisotopic (exact) mass is 272 g/mol. The Morgan fingerprint density at radius 1 is 1.59 bits per heavy atom. The van der Waals surface area contributed by atoms with E-state index in [1.54, 1.807) is 0 Å². The molecule has 1 aromatic heterocycles. The number of aromatic nitrogens is 2. The standard InChI is InChI=1S/C10H16N4OS2/c1-4-6(9(11)16)12-10(15)8-7(5(2)3)13-14-17-8/h5-6H,4H2,1-3H3,(H2,11,16)(H,12,15). The van der Waals surface area contributed by atoms with Crippen LogP contribution in [0.1, 0.15) is 48.5 Å². The smallest absolute Gasteiger partial charge is 0.265 e. The van der Waals surface area contributed by atoms with E-state index in [4.69, 9.17) is 18.0 Å². The number of hydrogen-bond acceptors (Lipinski definition) is 5. The average Bonchev–Trinajstić information content (AvgIpc) is 2.73. The summed E-state index contributed by atoms with van der Waals surface area (Å²) in [6.45, 7) is 5.86. The molecule has 0 aliphatic heterocycles. The molecule has 0 radical (unpaired) electrons. The van der Waals surface area contributed by atoms with Crippen molar-refractivity contribution in [1.29, 1.82) is 0 Å². The van der Waals surface area contributed by atoms with Gasteiger partial charge < -0.3 is 11.1 Å². The number of rotatable bonds is 5. The van der Waals surface area contributed by atoms with Gasteiger partial charge in [0.1, 0.15) is 4.88 Å². The second kappa shape index (κ2) is 6.02. The Balaban J connectivity index is 2.82. The Kier molecular flexibility index (Phi) is 4.95. The predicted octanol–water partition coefficient (Wildman–Crippen LogP) is 1.46. The van der Waals surface area contributed by atoms with Crippen LogP contribution in [0.3, 0.4) is 0 Å². The molecule has 1 aromatic rings. The van der Waals surface area contributed by atoms with E-state index in [0.717, 1.165) is 11.5 Å². The zero-order chi connectivity index (χ0) is 13.0. The van der Waals surface area contributed by atoms with E-state index >= 15 is 0 Å². The lowest BCUT2D eigenvalue weighted by Crippen LogP contribution is -2.43. The van der Waals surface area contributed by atoms with Crippen LogP contribution >= 0.6 is 23.8 Å². The van der Waals surface area contributed by atoms with Gasteiger partial charge in [0, 0.05) is 0 Å². The molecule has 3 N–H and O–H groups in total. The van der Waals surface area contributed by atoms with Gasteiger partial charge in [-0.15, -0.1) is 5.10 Å². The van der Waals surface area contributed by atoms with Crippen molar-refractivity contribution in [2.75, 3.05) is 0 Å². The summed E-state index contributed by atoms with van der Waals surface area (Å²) in [4.78, 5) is 12.8. The van der Waals surface area contributed by atoms with Crippen LogP contribution in [0.4, 0.5) is 0 Å². The highest BCUT2D eigenvalue weighted by molar-refractivity contribution is 7.80. The molecule has 0 spiro atoms. The number of carbonyl (C=O) groups excluding carboxylic acids is 1. The first-order valence-electron chi connectivity index (χ1n) is 5.39. The molecule has 0 aliphatic rings. The van der Waals surface area contributed by atoms with E-state index in [9.17, 15) is 4.79 Å². The lowest BCUT2D eigenvalue weighted by atomic mass is 10.1. The second-order valence-corrected chi connectivity index (χ2v) is 5.20. The molecule has 7 heteroatoms. The maximum atomic E-state index is 12.0. The van der Waals surface area contributed by atoms with E-state index in [0.29, 0.717) is 22.0 Å². The quantitative estimate of drug-likeness (QED) is 0.793. The van der Waals surface area contributed by atoms with E-state index < -0.39 is 0 Å². The van der Waals surface area contributed by atoms with Gasteiger partial charge in [0.25, 0.3) is 5.91 Å². The largest absolute Gasteiger partial charge is 0.392 e. The van der Waals surface area contributed by atoms with Crippen molar-refractivity contribution in [3.8, 4) is 0 Å². The highest BCUT2D eigenvalue weighted by Crippen LogP contribution is 2.19. The molecule has 0 saturated carbocycles. The SMILES string of the molecule is CCC(NC(=O)c1snnc1C(C)C)C(N)=S. The van der Waals surface area contributed by atoms with Crippen molar-refractivity contribution in [3.05, 3.63) is 10.6 Å². The van der Waals surface area contributed by atoms with Crippen molar-refractivity contribution in [1.82, 2.24) is 14.9 Å². The summed E-state index contributed by atoms with van der Waals surface area (Å²) in [5, 5.41) is 6.75. The van der Waals surface area contributed by atoms with Crippen LogP contribution in [0.2, 0.25) is 0 Å². The van der Waals surface area contributed by atoms with Crippen LogP contribution in [0, 0.1) is 0 Å². The lowest BCUT2D eigenvalue weighted by Gasteiger charge is -2.15. The number of hydrogen-bond donors (Lipinski definition) is 2. The number of amides is 1. The van der Waals surface area contributed by atoms with Gasteiger partial charge in [-0.2, -0.15) is 0 Å². The van der Waals surface area contributed by atoms with E-state index in [1.807, 2.05) is 20.8 Å². The van der Waals surface area contributed by atoms with Crippen LogP contribution in [-0.4, -0.2) is 26.5 Å². The summed E-state index contributed by atoms with van der Waals surface area (Å²) >= 11 is 5.98. The topological polar surface area (TPSA) is 80.9 Å². The fourth-order valence-corrected chi connectivity index (χ4v) is 2.28. The van der Waals surface area contributed by atoms with Gasteiger partial charge in [-0.25, -0.2) is 0 Å². The lowest BCUT2D eigenvalue weighted by molar-refractivity contribution is 0.0949. The highest BCUT2D eigenvalue weighted by Gasteiger charge is 2.21. The average molecular weight is 272 g/mol. The molecule has 0 aromatic carbocycles. The van der Waals surface area contributed by atoms with Crippen molar-refractivity contribution < 1.29 is 4.79 Å². The maximum absolute atomic E-state index is 12.0. The summed E-state index contributed by atoms with van der Waals surface area (Å²) in [5.41, 5.74) is 6.25. The van der Waals surface area contributed by atoms with Gasteiger partial charge in [-0.3, -0.25) is 4.79 Å². The molecule has 0 aliphatic carbocycles. The third-order valence-electron chi connectivity index (χ3n) is 2.32. The molecule has 0 saturated heterocycles. The van der Waals surface area contributed by atoms with Crippen LogP contribution in [0.15, 0.2) is 0 Å². The molecule has 94 valence electrons. The van der Waals surface area contributed by atoms with Gasteiger partial charge in [0.05, 0.1) is 16.7 Å². The molecule has 1 rings (SSSR count). The first-order valence-corrected chi connectivity index (χ1v) is 6.57. The minimum absolute atomic E-state index is 0.166. The molecular weight excluding hydrogens is 256 g/mol. The molecule has 1 unspecified atom stereocenters. The molecule has 1 amide bonds. The number of carbonyl (C=O) groups is 1. The zero-order valence-electron chi connectivity index (χ0n) is 10.1. The van der Waals surface area contributed by atoms with Crippen molar-refractivity contribution >= 4 is 34.6 Å². The van der Waals surface area contributed by atoms with Crippen molar-refractivity contribution in [3.63, 3.8) is 0 Å². The molecular formula is C10H16N4OS2. The number of nitrogens with zero attached hydrogens (tertiary/aromatic N) is 2. The molecule has 0 bridgehead atoms. The minimum Gasteiger partial charge on any atom is -0.392 e. The van der Waals surface area contributed by atoms with Gasteiger partial charge >= 0.3 is 0 Å². The van der Waals surface area contributed by atoms with Gasteiger partial charge in [0.2, 0.25) is 0 Å². The van der Waals surface area contributed by atoms with E-state index in [-0.39, 0.29) is 17.9 Å². The molecule has 17 heavy (non-hydrogen) atoms. The van der Waals surface area contributed by atoms with Crippen molar-refractivity contribution in [2.45, 2.75) is 39.2 Å². The normalized spacial score (nSPS) is 12.5. The third-order valence-corrected chi connectivity index (χ3v) is 3.35.